The van der Waals surface area contributed by atoms with Crippen molar-refractivity contribution in [1.82, 2.24) is 13.9 Å². The SMILES string of the molecule is Clc1ccc(Cl)c(-[s+]2cc(Cl)[nH]n(Cl)[nH]2)c1. The van der Waals surface area contributed by atoms with Crippen LogP contribution in [-0.2, 0) is 0 Å². The summed E-state index contributed by atoms with van der Waals surface area (Å²) >= 11 is 23.6. The lowest BCUT2D eigenvalue weighted by atomic mass is 10.4. The molecule has 1 atom stereocenters. The van der Waals surface area contributed by atoms with Gasteiger partial charge in [0.2, 0.25) is 10.3 Å². The van der Waals surface area contributed by atoms with Crippen LogP contribution in [0.4, 0.5) is 0 Å². The number of rotatable bonds is 1. The fraction of sp³-hybridized carbons (Fsp3) is 0. The molecular weight excluding hydrogens is 312 g/mol. The van der Waals surface area contributed by atoms with Crippen LogP contribution in [0.3, 0.4) is 0 Å². The summed E-state index contributed by atoms with van der Waals surface area (Å²) in [5, 5.41) is 6.07. The Morgan fingerprint density at radius 2 is 1.94 bits per heavy atom. The van der Waals surface area contributed by atoms with Gasteiger partial charge >= 0.3 is 0 Å². The summed E-state index contributed by atoms with van der Waals surface area (Å²) in [6.07, 6.45) is 0. The standard InChI is InChI=1S/C8H6Cl4N3S/c9-5-1-2-6(10)7(3-5)16-4-8(11)13-15(12)14-16/h1-4,13-14H/q+1. The lowest BCUT2D eigenvalue weighted by molar-refractivity contribution is 0.832. The molecule has 0 saturated carbocycles. The van der Waals surface area contributed by atoms with E-state index in [0.717, 1.165) is 9.21 Å². The lowest BCUT2D eigenvalue weighted by Crippen LogP contribution is -1.95. The Kier molecular flexibility index (Phi) is 3.77. The first-order valence-corrected chi connectivity index (χ1v) is 6.86. The molecule has 3 nitrogen and oxygen atoms in total. The van der Waals surface area contributed by atoms with Crippen molar-refractivity contribution in [2.75, 3.05) is 0 Å². The highest BCUT2D eigenvalue weighted by Gasteiger charge is 2.16. The molecule has 0 aliphatic carbocycles. The number of nitrogens with zero attached hydrogens (tertiary/aromatic N) is 1. The van der Waals surface area contributed by atoms with Crippen LogP contribution in [0.2, 0.25) is 15.2 Å². The molecule has 0 radical (unpaired) electrons. The second-order valence-electron chi connectivity index (χ2n) is 2.86. The van der Waals surface area contributed by atoms with Crippen molar-refractivity contribution >= 4 is 57.2 Å². The summed E-state index contributed by atoms with van der Waals surface area (Å²) < 4.78 is 4.10. The van der Waals surface area contributed by atoms with Gasteiger partial charge in [-0.15, -0.1) is 0 Å². The molecule has 0 aliphatic rings. The van der Waals surface area contributed by atoms with Gasteiger partial charge in [0.15, 0.2) is 5.15 Å². The van der Waals surface area contributed by atoms with E-state index in [-0.39, 0.29) is 0 Å². The molecule has 16 heavy (non-hydrogen) atoms. The van der Waals surface area contributed by atoms with E-state index in [9.17, 15) is 0 Å². The van der Waals surface area contributed by atoms with Crippen LogP contribution in [0.25, 0.3) is 4.90 Å². The molecule has 0 fully saturated rings. The van der Waals surface area contributed by atoms with Crippen LogP contribution >= 0.6 is 57.2 Å². The molecule has 2 aromatic rings. The molecule has 1 aromatic carbocycles. The van der Waals surface area contributed by atoms with Crippen LogP contribution in [-0.4, -0.2) is 13.9 Å². The van der Waals surface area contributed by atoms with Gasteiger partial charge in [0.05, 0.1) is 11.8 Å². The van der Waals surface area contributed by atoms with E-state index >= 15 is 0 Å². The van der Waals surface area contributed by atoms with E-state index in [4.69, 9.17) is 46.6 Å². The largest absolute Gasteiger partial charge is 0.250 e. The lowest BCUT2D eigenvalue weighted by Gasteiger charge is -1.99. The predicted molar refractivity (Wildman–Crippen MR) is 70.9 cm³/mol. The topological polar surface area (TPSA) is 36.5 Å². The third kappa shape index (κ3) is 2.70. The Labute approximate surface area is 114 Å². The Hall–Kier alpha value is -0.260. The second-order valence-corrected chi connectivity index (χ2v) is 5.98. The fourth-order valence-electron chi connectivity index (χ4n) is 1.12. The number of H-pyrrole nitrogens is 2. The number of halogens is 4. The summed E-state index contributed by atoms with van der Waals surface area (Å²) in [5.41, 5.74) is 0. The highest BCUT2D eigenvalue weighted by Crippen LogP contribution is 2.36. The van der Waals surface area contributed by atoms with Crippen molar-refractivity contribution in [2.45, 2.75) is 0 Å². The molecule has 2 N–H and O–H groups in total. The van der Waals surface area contributed by atoms with Crippen molar-refractivity contribution in [3.05, 3.63) is 38.8 Å². The predicted octanol–water partition coefficient (Wildman–Crippen LogP) is 4.97. The van der Waals surface area contributed by atoms with Crippen LogP contribution in [0.1, 0.15) is 0 Å². The van der Waals surface area contributed by atoms with E-state index in [2.05, 4.69) is 9.59 Å². The molecule has 1 unspecified atom stereocenters. The van der Waals surface area contributed by atoms with Crippen molar-refractivity contribution in [3.63, 3.8) is 0 Å². The van der Waals surface area contributed by atoms with E-state index in [1.165, 1.54) is 0 Å². The zero-order chi connectivity index (χ0) is 11.7. The van der Waals surface area contributed by atoms with Gasteiger partial charge in [0.1, 0.15) is 15.7 Å². The highest BCUT2D eigenvalue weighted by atomic mass is 35.5. The van der Waals surface area contributed by atoms with Gasteiger partial charge in [0, 0.05) is 11.1 Å². The summed E-state index contributed by atoms with van der Waals surface area (Å²) in [4.78, 5) is 0.833. The summed E-state index contributed by atoms with van der Waals surface area (Å²) in [6.45, 7) is 0. The van der Waals surface area contributed by atoms with Gasteiger partial charge in [-0.1, -0.05) is 43.6 Å². The third-order valence-corrected chi connectivity index (χ3v) is 4.67. The first kappa shape index (κ1) is 12.2. The molecule has 0 spiro atoms. The Balaban J connectivity index is 2.62. The minimum Gasteiger partial charge on any atom is -0.250 e. The molecule has 2 rings (SSSR count). The average Bonchev–Trinajstić information content (AvgIpc) is 2.20. The van der Waals surface area contributed by atoms with Crippen molar-refractivity contribution in [1.29, 1.82) is 0 Å². The maximum Gasteiger partial charge on any atom is 0.222 e. The molecule has 86 valence electrons. The number of hydrogen-bond donors (Lipinski definition) is 2. The van der Waals surface area contributed by atoms with E-state index in [0.29, 0.717) is 15.2 Å². The van der Waals surface area contributed by atoms with Crippen LogP contribution < -0.4 is 0 Å². The smallest absolute Gasteiger partial charge is 0.222 e. The van der Waals surface area contributed by atoms with Crippen molar-refractivity contribution < 1.29 is 0 Å². The molecule has 1 heterocycles. The summed E-state index contributed by atoms with van der Waals surface area (Å²) in [6, 6.07) is 5.23. The first-order valence-electron chi connectivity index (χ1n) is 4.10. The summed E-state index contributed by atoms with van der Waals surface area (Å²) in [7, 11) is -0.519. The third-order valence-electron chi connectivity index (χ3n) is 1.73. The zero-order valence-corrected chi connectivity index (χ0v) is 11.5. The molecule has 0 amide bonds. The number of aromatic amines is 2. The minimum atomic E-state index is -0.519. The number of nitrogens with one attached hydrogen (secondary N) is 2. The quantitative estimate of drug-likeness (QED) is 0.697. The molecule has 1 aromatic heterocycles. The second kappa shape index (κ2) is 4.94. The van der Waals surface area contributed by atoms with Crippen molar-refractivity contribution in [3.8, 4) is 4.90 Å². The molecule has 0 saturated heterocycles. The van der Waals surface area contributed by atoms with Gasteiger partial charge in [-0.05, 0) is 12.1 Å². The normalized spacial score (nSPS) is 11.6. The monoisotopic (exact) mass is 316 g/mol. The molecule has 8 heteroatoms. The van der Waals surface area contributed by atoms with Crippen LogP contribution in [0.5, 0.6) is 0 Å². The van der Waals surface area contributed by atoms with E-state index in [1.807, 2.05) is 0 Å². The van der Waals surface area contributed by atoms with E-state index < -0.39 is 10.7 Å². The Morgan fingerprint density at radius 3 is 2.62 bits per heavy atom. The molecular formula is C8H6Cl4N3S+. The van der Waals surface area contributed by atoms with E-state index in [1.54, 1.807) is 23.6 Å². The van der Waals surface area contributed by atoms with Gasteiger partial charge in [-0.2, -0.15) is 0 Å². The number of benzene rings is 1. The van der Waals surface area contributed by atoms with Gasteiger partial charge in [0.25, 0.3) is 0 Å². The Bertz CT molecular complexity index is 529. The van der Waals surface area contributed by atoms with Crippen LogP contribution in [0, 0.1) is 0 Å². The highest BCUT2D eigenvalue weighted by molar-refractivity contribution is 7.34. The van der Waals surface area contributed by atoms with Gasteiger partial charge in [-0.3, -0.25) is 5.10 Å². The number of hydrogen-bond acceptors (Lipinski definition) is 0. The first-order chi connectivity index (χ1) is 7.56. The maximum absolute atomic E-state index is 6.08. The number of aromatic nitrogens is 3. The van der Waals surface area contributed by atoms with Gasteiger partial charge < -0.3 is 0 Å². The maximum atomic E-state index is 6.08. The molecule has 0 bridgehead atoms. The average molecular weight is 318 g/mol. The minimum absolute atomic E-state index is 0.424. The Morgan fingerprint density at radius 1 is 1.19 bits per heavy atom. The van der Waals surface area contributed by atoms with Gasteiger partial charge in [-0.25, -0.2) is 0 Å². The van der Waals surface area contributed by atoms with Crippen molar-refractivity contribution in [2.24, 2.45) is 0 Å². The summed E-state index contributed by atoms with van der Waals surface area (Å²) in [5.74, 6) is 0. The fourth-order valence-corrected chi connectivity index (χ4v) is 3.72. The molecule has 0 aliphatic heterocycles. The zero-order valence-electron chi connectivity index (χ0n) is 7.68. The van der Waals surface area contributed by atoms with Crippen LogP contribution in [0.15, 0.2) is 23.6 Å².